The first-order valence-corrected chi connectivity index (χ1v) is 26.0. The zero-order valence-electron chi connectivity index (χ0n) is 42.6. The molecular formula is C66H48N8O3. The first-order chi connectivity index (χ1) is 37.8. The van der Waals surface area contributed by atoms with E-state index < -0.39 is 0 Å². The van der Waals surface area contributed by atoms with E-state index >= 15 is 0 Å². The lowest BCUT2D eigenvalue weighted by Crippen LogP contribution is -2.12. The number of oxazole rings is 2. The molecule has 14 aromatic rings. The Hall–Kier alpha value is -9.87. The van der Waals surface area contributed by atoms with Crippen molar-refractivity contribution in [1.29, 1.82) is 0 Å². The standard InChI is InChI=1S/C66H48N8O3/c1-38(2)72-40(4)39(3)71-64(72)44-12-9-15-48(30-44)73-58-17-6-5-16-50(58)55-31-41(18-19-59(55)73)47-32-53(42-10-7-13-45(28-42)65-69-24-26-75-65)62-56(33-47)57-35-49(74-60-36-67-22-20-51(60)52-21-23-68-37-61(52)74)34-54(63(57)77-62)43-11-8-14-46(29-43)66-70-25-27-76-66/h5-14,16-38,48H,15H2,1-4H3. The highest BCUT2D eigenvalue weighted by Crippen LogP contribution is 2.47. The highest BCUT2D eigenvalue weighted by atomic mass is 16.3. The van der Waals surface area contributed by atoms with Crippen molar-refractivity contribution in [3.8, 4) is 62.0 Å². The molecule has 8 aromatic heterocycles. The number of imidazole rings is 1. The third-order valence-corrected chi connectivity index (χ3v) is 15.6. The van der Waals surface area contributed by atoms with E-state index in [0.717, 1.165) is 117 Å². The number of hydrogen-bond acceptors (Lipinski definition) is 8. The number of aryl methyl sites for hydroxylation is 1. The number of rotatable bonds is 9. The Bertz CT molecular complexity index is 4680. The molecular weight excluding hydrogens is 953 g/mol. The van der Waals surface area contributed by atoms with E-state index in [0.29, 0.717) is 11.8 Å². The van der Waals surface area contributed by atoms with Gasteiger partial charge in [0.15, 0.2) is 0 Å². The summed E-state index contributed by atoms with van der Waals surface area (Å²) in [6.45, 7) is 8.75. The van der Waals surface area contributed by atoms with Crippen LogP contribution in [0.25, 0.3) is 133 Å². The van der Waals surface area contributed by atoms with E-state index in [-0.39, 0.29) is 12.1 Å². The van der Waals surface area contributed by atoms with Crippen LogP contribution < -0.4 is 0 Å². The van der Waals surface area contributed by atoms with Crippen LogP contribution >= 0.6 is 0 Å². The minimum Gasteiger partial charge on any atom is -0.455 e. The van der Waals surface area contributed by atoms with E-state index in [2.05, 4.69) is 189 Å². The lowest BCUT2D eigenvalue weighted by Gasteiger charge is -2.22. The van der Waals surface area contributed by atoms with E-state index in [9.17, 15) is 0 Å². The molecule has 8 heterocycles. The molecule has 1 aliphatic rings. The van der Waals surface area contributed by atoms with Crippen molar-refractivity contribution in [2.45, 2.75) is 46.2 Å². The number of nitrogens with zero attached hydrogens (tertiary/aromatic N) is 8. The highest BCUT2D eigenvalue weighted by molar-refractivity contribution is 6.17. The van der Waals surface area contributed by atoms with Gasteiger partial charge in [-0.2, -0.15) is 0 Å². The van der Waals surface area contributed by atoms with Crippen LogP contribution in [-0.4, -0.2) is 38.6 Å². The smallest absolute Gasteiger partial charge is 0.225 e. The molecule has 11 heteroatoms. The first-order valence-electron chi connectivity index (χ1n) is 26.0. The average Bonchev–Trinajstić information content (AvgIpc) is 4.52. The van der Waals surface area contributed by atoms with Gasteiger partial charge in [0.2, 0.25) is 11.8 Å². The number of hydrogen-bond donors (Lipinski definition) is 0. The highest BCUT2D eigenvalue weighted by Gasteiger charge is 2.26. The molecule has 1 unspecified atom stereocenters. The Labute approximate surface area is 441 Å². The predicted octanol–water partition coefficient (Wildman–Crippen LogP) is 16.9. The largest absolute Gasteiger partial charge is 0.455 e. The number of pyridine rings is 2. The quantitative estimate of drug-likeness (QED) is 0.140. The number of para-hydroxylation sites is 1. The van der Waals surface area contributed by atoms with Gasteiger partial charge in [0, 0.05) is 101 Å². The predicted molar refractivity (Wildman–Crippen MR) is 307 cm³/mol. The van der Waals surface area contributed by atoms with Crippen molar-refractivity contribution in [2.24, 2.45) is 0 Å². The van der Waals surface area contributed by atoms with Gasteiger partial charge in [0.05, 0.1) is 47.6 Å². The molecule has 0 radical (unpaired) electrons. The van der Waals surface area contributed by atoms with Crippen molar-refractivity contribution in [3.63, 3.8) is 0 Å². The summed E-state index contributed by atoms with van der Waals surface area (Å²) in [6, 6.07) is 46.0. The second-order valence-corrected chi connectivity index (χ2v) is 20.3. The van der Waals surface area contributed by atoms with Crippen molar-refractivity contribution in [2.75, 3.05) is 0 Å². The van der Waals surface area contributed by atoms with Gasteiger partial charge >= 0.3 is 0 Å². The SMILES string of the molecule is Cc1nc(C2=CC(n3c4ccccc4c4cc(-c5cc(-c6cccc(-c7ncco7)c6)c6oc7c(-c8cccc(-c9ncco9)c8)cc(-n8c9cnccc9c9ccncc98)cc7c6c5)ccc43)CC=C2)n(C(C)C)c1C. The third-order valence-electron chi connectivity index (χ3n) is 15.6. The Morgan fingerprint density at radius 3 is 1.84 bits per heavy atom. The van der Waals surface area contributed by atoms with E-state index in [1.54, 1.807) is 24.9 Å². The van der Waals surface area contributed by atoms with Gasteiger partial charge in [0.1, 0.15) is 29.5 Å². The van der Waals surface area contributed by atoms with E-state index in [4.69, 9.17) is 18.2 Å². The molecule has 11 nitrogen and oxygen atoms in total. The summed E-state index contributed by atoms with van der Waals surface area (Å²) in [5.41, 5.74) is 17.8. The van der Waals surface area contributed by atoms with Crippen LogP contribution in [-0.2, 0) is 0 Å². The topological polar surface area (TPSA) is 119 Å². The van der Waals surface area contributed by atoms with Gasteiger partial charge in [0.25, 0.3) is 0 Å². The van der Waals surface area contributed by atoms with E-state index in [1.807, 2.05) is 43.0 Å². The van der Waals surface area contributed by atoms with Crippen LogP contribution in [0.2, 0.25) is 0 Å². The molecule has 1 aliphatic carbocycles. The molecule has 77 heavy (non-hydrogen) atoms. The molecule has 0 saturated carbocycles. The summed E-state index contributed by atoms with van der Waals surface area (Å²) in [5.74, 6) is 2.10. The summed E-state index contributed by atoms with van der Waals surface area (Å²) in [6.07, 6.45) is 22.0. The summed E-state index contributed by atoms with van der Waals surface area (Å²) in [4.78, 5) is 23.4. The molecule has 1 atom stereocenters. The fourth-order valence-corrected chi connectivity index (χ4v) is 12.0. The van der Waals surface area contributed by atoms with Crippen LogP contribution in [0.4, 0.5) is 0 Å². The zero-order valence-corrected chi connectivity index (χ0v) is 42.6. The van der Waals surface area contributed by atoms with E-state index in [1.165, 1.54) is 27.5 Å². The maximum absolute atomic E-state index is 7.36. The third kappa shape index (κ3) is 7.07. The van der Waals surface area contributed by atoms with Crippen molar-refractivity contribution >= 4 is 71.1 Å². The Morgan fingerprint density at radius 2 is 1.17 bits per heavy atom. The molecule has 0 spiro atoms. The fourth-order valence-electron chi connectivity index (χ4n) is 12.0. The Balaban J connectivity index is 0.979. The number of allylic oxidation sites excluding steroid dienone is 4. The monoisotopic (exact) mass is 1000 g/mol. The number of benzene rings is 6. The maximum atomic E-state index is 7.36. The minimum absolute atomic E-state index is 0.0814. The lowest BCUT2D eigenvalue weighted by atomic mass is 9.93. The normalized spacial score (nSPS) is 13.9. The molecule has 15 rings (SSSR count). The van der Waals surface area contributed by atoms with Gasteiger partial charge < -0.3 is 27.0 Å². The molecule has 0 N–H and O–H groups in total. The summed E-state index contributed by atoms with van der Waals surface area (Å²) < 4.78 is 26.2. The summed E-state index contributed by atoms with van der Waals surface area (Å²) >= 11 is 0. The zero-order chi connectivity index (χ0) is 51.5. The first kappa shape index (κ1) is 44.6. The van der Waals surface area contributed by atoms with Gasteiger partial charge in [-0.15, -0.1) is 0 Å². The van der Waals surface area contributed by atoms with Crippen molar-refractivity contribution < 1.29 is 13.3 Å². The molecule has 0 fully saturated rings. The fraction of sp³-hybridized carbons (Fsp3) is 0.106. The number of fused-ring (bicyclic) bond motifs is 9. The van der Waals surface area contributed by atoms with Crippen molar-refractivity contribution in [3.05, 3.63) is 213 Å². The van der Waals surface area contributed by atoms with Crippen LogP contribution in [0.1, 0.15) is 49.6 Å². The average molecular weight is 1000 g/mol. The molecule has 0 bridgehead atoms. The van der Waals surface area contributed by atoms with Gasteiger partial charge in [-0.1, -0.05) is 66.8 Å². The Morgan fingerprint density at radius 1 is 0.545 bits per heavy atom. The maximum Gasteiger partial charge on any atom is 0.225 e. The summed E-state index contributed by atoms with van der Waals surface area (Å²) in [5, 5.41) is 6.50. The number of aromatic nitrogens is 8. The summed E-state index contributed by atoms with van der Waals surface area (Å²) in [7, 11) is 0. The Kier molecular flexibility index (Phi) is 10.1. The van der Waals surface area contributed by atoms with Crippen LogP contribution in [0.15, 0.2) is 209 Å². The van der Waals surface area contributed by atoms with Crippen LogP contribution in [0, 0.1) is 13.8 Å². The molecule has 6 aromatic carbocycles. The minimum atomic E-state index is 0.0814. The van der Waals surface area contributed by atoms with Gasteiger partial charge in [-0.05, 0) is 135 Å². The molecule has 370 valence electrons. The van der Waals surface area contributed by atoms with Crippen LogP contribution in [0.3, 0.4) is 0 Å². The number of furan rings is 1. The van der Waals surface area contributed by atoms with Crippen LogP contribution in [0.5, 0.6) is 0 Å². The second kappa shape index (κ2) is 17.4. The molecule has 0 amide bonds. The molecule has 0 saturated heterocycles. The molecule has 0 aliphatic heterocycles. The lowest BCUT2D eigenvalue weighted by molar-refractivity contribution is 0.574. The van der Waals surface area contributed by atoms with Gasteiger partial charge in [-0.25, -0.2) is 15.0 Å². The van der Waals surface area contributed by atoms with Gasteiger partial charge in [-0.3, -0.25) is 9.97 Å². The van der Waals surface area contributed by atoms with Crippen molar-refractivity contribution in [1.82, 2.24) is 38.6 Å². The second-order valence-electron chi connectivity index (χ2n) is 20.3.